The Morgan fingerprint density at radius 3 is 2.50 bits per heavy atom. The maximum atomic E-state index is 2.75. The van der Waals surface area contributed by atoms with Crippen LogP contribution in [0.1, 0.15) is 25.0 Å². The van der Waals surface area contributed by atoms with Gasteiger partial charge in [0.05, 0.1) is 5.52 Å². The van der Waals surface area contributed by atoms with Crippen molar-refractivity contribution in [1.29, 1.82) is 0 Å². The van der Waals surface area contributed by atoms with Gasteiger partial charge in [-0.05, 0) is 39.9 Å². The maximum absolute atomic E-state index is 2.75. The lowest BCUT2D eigenvalue weighted by atomic mass is 10.1. The standard InChI is InChI=1S/C11H17N2P3.C2H6/c1-8-2-3-10-9(4-5-13(15)16)7-12(14)11(10)6-8;1-2/h2-3,6-7H,4-5,14-16H2,1H3;1-2H3. The lowest BCUT2D eigenvalue weighted by Gasteiger charge is -2.07. The van der Waals surface area contributed by atoms with Crippen molar-refractivity contribution in [3.05, 3.63) is 35.5 Å². The molecule has 3 atom stereocenters. The molecular weight excluding hydrogens is 277 g/mol. The number of benzene rings is 1. The summed E-state index contributed by atoms with van der Waals surface area (Å²) in [5, 5.41) is 1.36. The van der Waals surface area contributed by atoms with Crippen LogP contribution in [0.2, 0.25) is 0 Å². The van der Waals surface area contributed by atoms with Gasteiger partial charge in [-0.2, -0.15) is 0 Å². The Kier molecular flexibility index (Phi) is 6.75. The van der Waals surface area contributed by atoms with E-state index in [0.717, 1.165) is 13.0 Å². The first-order valence-corrected chi connectivity index (χ1v) is 7.75. The van der Waals surface area contributed by atoms with Crippen molar-refractivity contribution in [2.45, 2.75) is 27.2 Å². The van der Waals surface area contributed by atoms with Gasteiger partial charge in [0.25, 0.3) is 0 Å². The Morgan fingerprint density at radius 1 is 1.22 bits per heavy atom. The number of hydrogen-bond donors (Lipinski definition) is 0. The number of nitrogens with zero attached hydrogens (tertiary/aromatic N) is 2. The van der Waals surface area contributed by atoms with Crippen molar-refractivity contribution < 1.29 is 0 Å². The van der Waals surface area contributed by atoms with E-state index in [1.54, 1.807) is 0 Å². The average Bonchev–Trinajstić information content (AvgIpc) is 2.66. The van der Waals surface area contributed by atoms with Crippen molar-refractivity contribution in [1.82, 2.24) is 8.78 Å². The van der Waals surface area contributed by atoms with E-state index in [9.17, 15) is 0 Å². The molecular formula is C13H23N2P3. The van der Waals surface area contributed by atoms with Crippen LogP contribution in [0.4, 0.5) is 0 Å². The van der Waals surface area contributed by atoms with Crippen molar-refractivity contribution in [2.75, 3.05) is 6.54 Å². The number of hydrogen-bond acceptors (Lipinski definition) is 1. The summed E-state index contributed by atoms with van der Waals surface area (Å²) in [6.45, 7) is 7.15. The van der Waals surface area contributed by atoms with Gasteiger partial charge in [0.1, 0.15) is 0 Å². The summed E-state index contributed by atoms with van der Waals surface area (Å²) in [5.41, 5.74) is 4.00. The molecule has 0 spiro atoms. The van der Waals surface area contributed by atoms with Gasteiger partial charge >= 0.3 is 0 Å². The van der Waals surface area contributed by atoms with Gasteiger partial charge in [-0.1, -0.05) is 44.8 Å². The third-order valence-corrected chi connectivity index (χ3v) is 3.66. The minimum Gasteiger partial charge on any atom is -0.332 e. The molecule has 5 heteroatoms. The zero-order valence-electron chi connectivity index (χ0n) is 11.4. The van der Waals surface area contributed by atoms with Crippen LogP contribution in [-0.2, 0) is 6.42 Å². The highest BCUT2D eigenvalue weighted by atomic mass is 31.1. The first-order chi connectivity index (χ1) is 8.58. The van der Waals surface area contributed by atoms with Crippen molar-refractivity contribution in [3.8, 4) is 0 Å². The molecule has 0 saturated heterocycles. The van der Waals surface area contributed by atoms with Gasteiger partial charge in [-0.3, -0.25) is 4.44 Å². The molecule has 3 unspecified atom stereocenters. The molecule has 100 valence electrons. The van der Waals surface area contributed by atoms with E-state index in [1.165, 1.54) is 22.0 Å². The molecule has 1 aromatic carbocycles. The highest BCUT2D eigenvalue weighted by molar-refractivity contribution is 7.30. The second kappa shape index (κ2) is 7.56. The molecule has 2 aromatic rings. The third-order valence-electron chi connectivity index (χ3n) is 2.71. The molecule has 0 amide bonds. The molecule has 18 heavy (non-hydrogen) atoms. The normalized spacial score (nSPS) is 10.6. The number of aromatic nitrogens is 1. The van der Waals surface area contributed by atoms with Crippen molar-refractivity contribution in [2.24, 2.45) is 0 Å². The molecule has 2 nitrogen and oxygen atoms in total. The molecule has 0 aliphatic carbocycles. The van der Waals surface area contributed by atoms with Crippen molar-refractivity contribution in [3.63, 3.8) is 0 Å². The monoisotopic (exact) mass is 300 g/mol. The Bertz CT molecular complexity index is 506. The van der Waals surface area contributed by atoms with E-state index in [2.05, 4.69) is 68.3 Å². The Hall–Kier alpha value is 0.01000. The number of rotatable bonds is 3. The maximum Gasteiger partial charge on any atom is 0.0514 e. The van der Waals surface area contributed by atoms with Crippen LogP contribution in [0, 0.1) is 6.92 Å². The SMILES string of the molecule is CC.Cc1ccc2c(CCN(P)P)cn(P)c2c1. The highest BCUT2D eigenvalue weighted by Crippen LogP contribution is 2.25. The van der Waals surface area contributed by atoms with Gasteiger partial charge in [-0.25, -0.2) is 0 Å². The van der Waals surface area contributed by atoms with Crippen LogP contribution < -0.4 is 0 Å². The van der Waals surface area contributed by atoms with E-state index in [4.69, 9.17) is 0 Å². The van der Waals surface area contributed by atoms with Gasteiger partial charge < -0.3 is 4.34 Å². The zero-order chi connectivity index (χ0) is 13.7. The molecule has 2 rings (SSSR count). The summed E-state index contributed by atoms with van der Waals surface area (Å²) >= 11 is 0. The number of fused-ring (bicyclic) bond motifs is 1. The summed E-state index contributed by atoms with van der Waals surface area (Å²) in [5.74, 6) is 0. The second-order valence-electron chi connectivity index (χ2n) is 4.07. The summed E-state index contributed by atoms with van der Waals surface area (Å²) in [6, 6.07) is 6.62. The predicted molar refractivity (Wildman–Crippen MR) is 93.0 cm³/mol. The van der Waals surface area contributed by atoms with Crippen LogP contribution in [0.15, 0.2) is 24.4 Å². The third kappa shape index (κ3) is 4.01. The first kappa shape index (κ1) is 16.1. The fourth-order valence-corrected chi connectivity index (χ4v) is 2.53. The summed E-state index contributed by atoms with van der Waals surface area (Å²) < 4.78 is 4.19. The van der Waals surface area contributed by atoms with Crippen LogP contribution >= 0.6 is 28.2 Å². The van der Waals surface area contributed by atoms with E-state index in [1.807, 2.05) is 13.8 Å². The lowest BCUT2D eigenvalue weighted by Crippen LogP contribution is -2.01. The number of aryl methyl sites for hydroxylation is 1. The van der Waals surface area contributed by atoms with Crippen LogP contribution in [0.3, 0.4) is 0 Å². The van der Waals surface area contributed by atoms with E-state index >= 15 is 0 Å². The fraction of sp³-hybridized carbons (Fsp3) is 0.385. The van der Waals surface area contributed by atoms with Crippen LogP contribution in [0.5, 0.6) is 0 Å². The Balaban J connectivity index is 0.000000771. The molecule has 1 heterocycles. The minimum absolute atomic E-state index is 1.02. The van der Waals surface area contributed by atoms with Crippen LogP contribution in [0.25, 0.3) is 10.9 Å². The lowest BCUT2D eigenvalue weighted by molar-refractivity contribution is 0.728. The zero-order valence-corrected chi connectivity index (χ0v) is 14.8. The first-order valence-electron chi connectivity index (χ1n) is 6.20. The molecule has 0 saturated carbocycles. The van der Waals surface area contributed by atoms with Gasteiger partial charge in [0.2, 0.25) is 0 Å². The van der Waals surface area contributed by atoms with E-state index in [-0.39, 0.29) is 0 Å². The molecule has 0 bridgehead atoms. The molecule has 1 aromatic heterocycles. The van der Waals surface area contributed by atoms with E-state index < -0.39 is 0 Å². The summed E-state index contributed by atoms with van der Waals surface area (Å²) in [7, 11) is 8.08. The average molecular weight is 300 g/mol. The topological polar surface area (TPSA) is 8.17 Å². The molecule has 0 aliphatic heterocycles. The molecule has 0 N–H and O–H groups in total. The van der Waals surface area contributed by atoms with Crippen molar-refractivity contribution >= 4 is 39.1 Å². The predicted octanol–water partition coefficient (Wildman–Crippen LogP) is 4.04. The van der Waals surface area contributed by atoms with E-state index in [0.29, 0.717) is 0 Å². The Morgan fingerprint density at radius 2 is 1.89 bits per heavy atom. The molecule has 0 fully saturated rings. The fourth-order valence-electron chi connectivity index (χ4n) is 1.88. The quantitative estimate of drug-likeness (QED) is 0.777. The smallest absolute Gasteiger partial charge is 0.0514 e. The Labute approximate surface area is 117 Å². The van der Waals surface area contributed by atoms with Gasteiger partial charge in [0, 0.05) is 18.1 Å². The minimum atomic E-state index is 1.02. The van der Waals surface area contributed by atoms with Gasteiger partial charge in [-0.15, -0.1) is 0 Å². The second-order valence-corrected chi connectivity index (χ2v) is 6.55. The molecule has 0 radical (unpaired) electrons. The largest absolute Gasteiger partial charge is 0.332 e. The molecule has 0 aliphatic rings. The summed E-state index contributed by atoms with van der Waals surface area (Å²) in [6.07, 6.45) is 3.27. The summed E-state index contributed by atoms with van der Waals surface area (Å²) in [4.78, 5) is 0. The van der Waals surface area contributed by atoms with Crippen LogP contribution in [-0.4, -0.2) is 15.3 Å². The van der Waals surface area contributed by atoms with Gasteiger partial charge in [0.15, 0.2) is 0 Å². The highest BCUT2D eigenvalue weighted by Gasteiger charge is 2.06.